The molecule has 142 valence electrons. The van der Waals surface area contributed by atoms with Crippen molar-refractivity contribution in [3.63, 3.8) is 0 Å². The van der Waals surface area contributed by atoms with E-state index in [-0.39, 0.29) is 17.7 Å². The van der Waals surface area contributed by atoms with Crippen molar-refractivity contribution in [2.75, 3.05) is 13.7 Å². The van der Waals surface area contributed by atoms with Crippen LogP contribution >= 0.6 is 0 Å². The third-order valence-corrected chi connectivity index (χ3v) is 5.58. The predicted molar refractivity (Wildman–Crippen MR) is 101 cm³/mol. The number of carbonyl (C=O) groups is 2. The molecule has 3 rings (SSSR count). The fraction of sp³-hybridized carbons (Fsp3) is 0.619. The molecule has 0 spiro atoms. The number of hydrogen-bond donors (Lipinski definition) is 1. The van der Waals surface area contributed by atoms with E-state index in [0.717, 1.165) is 24.2 Å². The summed E-state index contributed by atoms with van der Waals surface area (Å²) >= 11 is 0. The van der Waals surface area contributed by atoms with E-state index < -0.39 is 0 Å². The second-order valence-electron chi connectivity index (χ2n) is 7.56. The van der Waals surface area contributed by atoms with Gasteiger partial charge in [-0.1, -0.05) is 37.8 Å². The van der Waals surface area contributed by atoms with E-state index in [0.29, 0.717) is 32.0 Å². The number of ether oxygens (including phenoxy) is 1. The number of nitrogens with zero attached hydrogens (tertiary/aromatic N) is 1. The molecule has 1 heterocycles. The maximum absolute atomic E-state index is 12.7. The second-order valence-corrected chi connectivity index (χ2v) is 7.56. The van der Waals surface area contributed by atoms with Crippen LogP contribution in [0.15, 0.2) is 24.3 Å². The number of rotatable bonds is 5. The van der Waals surface area contributed by atoms with E-state index >= 15 is 0 Å². The van der Waals surface area contributed by atoms with Gasteiger partial charge in [0.15, 0.2) is 0 Å². The van der Waals surface area contributed by atoms with Gasteiger partial charge in [-0.25, -0.2) is 0 Å². The highest BCUT2D eigenvalue weighted by Gasteiger charge is 2.31. The lowest BCUT2D eigenvalue weighted by atomic mass is 9.95. The van der Waals surface area contributed by atoms with Crippen LogP contribution in [-0.2, 0) is 16.1 Å². The standard InChI is InChI=1S/C21H30N2O3/c1-26-19-10-6-7-16(13-19)14-23-15-17(11-12-20(23)24)21(25)22-18-8-4-2-3-5-9-18/h6-7,10,13,17-18H,2-5,8-9,11-12,14-15H2,1H3,(H,22,25)/t17-/m0/s1. The van der Waals surface area contributed by atoms with Gasteiger partial charge >= 0.3 is 0 Å². The van der Waals surface area contributed by atoms with Crippen LogP contribution in [0, 0.1) is 5.92 Å². The van der Waals surface area contributed by atoms with Crippen molar-refractivity contribution in [2.45, 2.75) is 64.0 Å². The Morgan fingerprint density at radius 3 is 2.69 bits per heavy atom. The molecule has 2 amide bonds. The monoisotopic (exact) mass is 358 g/mol. The Kier molecular flexibility index (Phi) is 6.53. The van der Waals surface area contributed by atoms with Crippen LogP contribution in [0.1, 0.15) is 56.9 Å². The first-order chi connectivity index (χ1) is 12.7. The number of likely N-dealkylation sites (tertiary alicyclic amines) is 1. The van der Waals surface area contributed by atoms with Crippen molar-refractivity contribution in [2.24, 2.45) is 5.92 Å². The number of carbonyl (C=O) groups excluding carboxylic acids is 2. The summed E-state index contributed by atoms with van der Waals surface area (Å²) in [7, 11) is 1.64. The molecule has 5 nitrogen and oxygen atoms in total. The Morgan fingerprint density at radius 1 is 1.19 bits per heavy atom. The molecule has 0 bridgehead atoms. The Hall–Kier alpha value is -2.04. The maximum atomic E-state index is 12.7. The molecular formula is C21H30N2O3. The second kappa shape index (κ2) is 9.06. The van der Waals surface area contributed by atoms with Crippen LogP contribution in [-0.4, -0.2) is 36.4 Å². The quantitative estimate of drug-likeness (QED) is 0.822. The van der Waals surface area contributed by atoms with Crippen molar-refractivity contribution in [1.29, 1.82) is 0 Å². The number of hydrogen-bond acceptors (Lipinski definition) is 3. The first-order valence-corrected chi connectivity index (χ1v) is 9.87. The van der Waals surface area contributed by atoms with Crippen molar-refractivity contribution in [3.8, 4) is 5.75 Å². The topological polar surface area (TPSA) is 58.6 Å². The lowest BCUT2D eigenvalue weighted by Crippen LogP contribution is -2.47. The van der Waals surface area contributed by atoms with Crippen LogP contribution in [0.3, 0.4) is 0 Å². The van der Waals surface area contributed by atoms with Crippen LogP contribution in [0.25, 0.3) is 0 Å². The van der Waals surface area contributed by atoms with Gasteiger partial charge in [-0.05, 0) is 37.0 Å². The zero-order valence-corrected chi connectivity index (χ0v) is 15.7. The van der Waals surface area contributed by atoms with Crippen molar-refractivity contribution < 1.29 is 14.3 Å². The van der Waals surface area contributed by atoms with Crippen LogP contribution in [0.2, 0.25) is 0 Å². The van der Waals surface area contributed by atoms with Gasteiger partial charge in [-0.3, -0.25) is 9.59 Å². The van der Waals surface area contributed by atoms with Gasteiger partial charge < -0.3 is 15.0 Å². The highest BCUT2D eigenvalue weighted by Crippen LogP contribution is 2.23. The van der Waals surface area contributed by atoms with E-state index in [1.165, 1.54) is 25.7 Å². The molecule has 0 unspecified atom stereocenters. The summed E-state index contributed by atoms with van der Waals surface area (Å²) in [5.41, 5.74) is 1.03. The molecule has 5 heteroatoms. The molecule has 0 radical (unpaired) electrons. The third kappa shape index (κ3) is 4.99. The van der Waals surface area contributed by atoms with Gasteiger partial charge in [0.1, 0.15) is 5.75 Å². The van der Waals surface area contributed by atoms with Gasteiger partial charge in [-0.2, -0.15) is 0 Å². The number of methoxy groups -OCH3 is 1. The lowest BCUT2D eigenvalue weighted by molar-refractivity contribution is -0.139. The Balaban J connectivity index is 1.58. The summed E-state index contributed by atoms with van der Waals surface area (Å²) in [5, 5.41) is 3.25. The van der Waals surface area contributed by atoms with Gasteiger partial charge in [0.05, 0.1) is 13.0 Å². The maximum Gasteiger partial charge on any atom is 0.225 e. The van der Waals surface area contributed by atoms with Crippen molar-refractivity contribution in [3.05, 3.63) is 29.8 Å². The molecule has 1 saturated carbocycles. The molecule has 0 aromatic heterocycles. The highest BCUT2D eigenvalue weighted by molar-refractivity contribution is 5.84. The average Bonchev–Trinajstić information content (AvgIpc) is 2.92. The minimum Gasteiger partial charge on any atom is -0.497 e. The fourth-order valence-electron chi connectivity index (χ4n) is 4.02. The number of benzene rings is 1. The summed E-state index contributed by atoms with van der Waals surface area (Å²) in [6, 6.07) is 8.08. The van der Waals surface area contributed by atoms with Crippen LogP contribution in [0.5, 0.6) is 5.75 Å². The SMILES string of the molecule is COc1cccc(CN2C[C@@H](C(=O)NC3CCCCCC3)CCC2=O)c1. The molecule has 2 aliphatic rings. The van der Waals surface area contributed by atoms with Crippen LogP contribution < -0.4 is 10.1 Å². The van der Waals surface area contributed by atoms with E-state index in [1.807, 2.05) is 29.2 Å². The normalized spacial score (nSPS) is 22.0. The Morgan fingerprint density at radius 2 is 1.96 bits per heavy atom. The zero-order valence-electron chi connectivity index (χ0n) is 15.7. The zero-order chi connectivity index (χ0) is 18.4. The molecule has 1 aromatic rings. The van der Waals surface area contributed by atoms with Gasteiger partial charge in [0.2, 0.25) is 11.8 Å². The first kappa shape index (κ1) is 18.7. The lowest BCUT2D eigenvalue weighted by Gasteiger charge is -2.33. The smallest absolute Gasteiger partial charge is 0.225 e. The van der Waals surface area contributed by atoms with Crippen molar-refractivity contribution in [1.82, 2.24) is 10.2 Å². The molecule has 1 saturated heterocycles. The summed E-state index contributed by atoms with van der Waals surface area (Å²) in [6.45, 7) is 1.04. The molecule has 1 N–H and O–H groups in total. The number of amides is 2. The molecule has 1 aliphatic carbocycles. The molecule has 2 fully saturated rings. The molecule has 1 aliphatic heterocycles. The van der Waals surface area contributed by atoms with E-state index in [9.17, 15) is 9.59 Å². The minimum atomic E-state index is -0.0958. The first-order valence-electron chi connectivity index (χ1n) is 9.87. The summed E-state index contributed by atoms with van der Waals surface area (Å²) < 4.78 is 5.26. The van der Waals surface area contributed by atoms with Crippen LogP contribution in [0.4, 0.5) is 0 Å². The molecular weight excluding hydrogens is 328 g/mol. The Labute approximate surface area is 156 Å². The average molecular weight is 358 g/mol. The Bertz CT molecular complexity index is 623. The van der Waals surface area contributed by atoms with Gasteiger partial charge in [0, 0.05) is 25.6 Å². The summed E-state index contributed by atoms with van der Waals surface area (Å²) in [5.74, 6) is 0.947. The van der Waals surface area contributed by atoms with E-state index in [2.05, 4.69) is 5.32 Å². The largest absolute Gasteiger partial charge is 0.497 e. The number of piperidine rings is 1. The van der Waals surface area contributed by atoms with Crippen molar-refractivity contribution >= 4 is 11.8 Å². The van der Waals surface area contributed by atoms with Gasteiger partial charge in [0.25, 0.3) is 0 Å². The molecule has 1 atom stereocenters. The van der Waals surface area contributed by atoms with E-state index in [1.54, 1.807) is 7.11 Å². The predicted octanol–water partition coefficient (Wildman–Crippen LogP) is 3.27. The third-order valence-electron chi connectivity index (χ3n) is 5.58. The highest BCUT2D eigenvalue weighted by atomic mass is 16.5. The van der Waals surface area contributed by atoms with Gasteiger partial charge in [-0.15, -0.1) is 0 Å². The number of nitrogens with one attached hydrogen (secondary N) is 1. The summed E-state index contributed by atoms with van der Waals surface area (Å²) in [6.07, 6.45) is 8.25. The fourth-order valence-corrected chi connectivity index (χ4v) is 4.02. The molecule has 1 aromatic carbocycles. The van der Waals surface area contributed by atoms with E-state index in [4.69, 9.17) is 4.74 Å². The summed E-state index contributed by atoms with van der Waals surface area (Å²) in [4.78, 5) is 26.8. The molecule has 26 heavy (non-hydrogen) atoms. The minimum absolute atomic E-state index is 0.0958.